The van der Waals surface area contributed by atoms with E-state index in [1.54, 1.807) is 0 Å². The van der Waals surface area contributed by atoms with Crippen LogP contribution in [0.2, 0.25) is 0 Å². The van der Waals surface area contributed by atoms with E-state index in [1.165, 1.54) is 111 Å². The van der Waals surface area contributed by atoms with Gasteiger partial charge in [-0.3, -0.25) is 29.9 Å². The fourth-order valence-electron chi connectivity index (χ4n) is 18.7. The number of hydrogen-bond donors (Lipinski definition) is 0. The first-order valence-corrected chi connectivity index (χ1v) is 48.5. The summed E-state index contributed by atoms with van der Waals surface area (Å²) in [5, 5.41) is 7.06. The number of rotatable bonds is 10. The summed E-state index contributed by atoms with van der Waals surface area (Å²) in [7, 11) is 0. The van der Waals surface area contributed by atoms with Gasteiger partial charge in [0, 0.05) is 164 Å². The van der Waals surface area contributed by atoms with Crippen LogP contribution in [0.15, 0.2) is 461 Å². The SMILES string of the molecule is Cc1cccc(C)c1N1C=[C-]B(c2ccccn2)C=C1.Cc1cccc(C)c1N1C=[C-]B(c2ccccn2)C=C1.Cc1cccc(C)c1N1C=[C-]B(c2ccccn2)C=C1.Cc1cccc(C)c1N1C=[C-]B(c2ccccn2)C=C1.[Ir].[Ir].[Ir].[Ir].[c-]1cccc2c1c1nccn1c1ccccc21.[c-]1cccc2c1c1nccn1c1ccccc21.[c-]1ccccc1C1=Nc2ccccc2C1.[c-]1ccccc1C1=Nc2ccccc2C1. The molecule has 0 saturated carbocycles. The van der Waals surface area contributed by atoms with Crippen LogP contribution in [-0.4, -0.2) is 77.0 Å². The molecule has 0 fully saturated rings. The van der Waals surface area contributed by atoms with E-state index < -0.39 is 0 Å². The van der Waals surface area contributed by atoms with Gasteiger partial charge in [-0.1, -0.05) is 205 Å². The van der Waals surface area contributed by atoms with Crippen LogP contribution in [0.1, 0.15) is 66.8 Å². The number of imidazole rings is 2. The molecular weight excluding hydrogens is 2520 g/mol. The predicted octanol–water partition coefficient (Wildman–Crippen LogP) is 24.5. The average molecular weight is 2620 g/mol. The van der Waals surface area contributed by atoms with Crippen molar-refractivity contribution in [2.75, 3.05) is 19.6 Å². The summed E-state index contributed by atoms with van der Waals surface area (Å²) in [6.07, 6.45) is 33.3. The summed E-state index contributed by atoms with van der Waals surface area (Å²) in [5.41, 5.74) is 32.8. The Kier molecular flexibility index (Phi) is 37.6. The normalized spacial score (nSPS) is 12.9. The molecule has 4 radical (unpaired) electrons. The van der Waals surface area contributed by atoms with Gasteiger partial charge >= 0.3 is 0 Å². The van der Waals surface area contributed by atoms with Crippen LogP contribution in [0, 0.1) is 104 Å². The van der Waals surface area contributed by atoms with Crippen molar-refractivity contribution in [3.63, 3.8) is 0 Å². The fourth-order valence-corrected chi connectivity index (χ4v) is 18.7. The van der Waals surface area contributed by atoms with Gasteiger partial charge in [0.05, 0.1) is 49.5 Å². The number of hydrogen-bond acceptors (Lipinski definition) is 12. The van der Waals surface area contributed by atoms with Crippen LogP contribution < -0.4 is 42.0 Å². The number of anilines is 4. The van der Waals surface area contributed by atoms with Crippen molar-refractivity contribution in [3.05, 3.63) is 566 Å². The fraction of sp³-hybridized carbons (Fsp3) is 0.0794. The Bertz CT molecular complexity index is 7270. The molecule has 14 heterocycles. The third-order valence-corrected chi connectivity index (χ3v) is 25.7. The van der Waals surface area contributed by atoms with Crippen LogP contribution in [0.25, 0.3) is 54.6 Å². The summed E-state index contributed by atoms with van der Waals surface area (Å²) >= 11 is 0. The maximum Gasteiger partial charge on any atom is 0.0608 e. The summed E-state index contributed by atoms with van der Waals surface area (Å²) in [4.78, 5) is 44.1. The van der Waals surface area contributed by atoms with E-state index in [2.05, 4.69) is 403 Å². The minimum atomic E-state index is 0. The molecule has 20 aromatic rings. The zero-order chi connectivity index (χ0) is 98.5. The van der Waals surface area contributed by atoms with Gasteiger partial charge in [-0.2, -0.15) is 24.8 Å². The van der Waals surface area contributed by atoms with Crippen molar-refractivity contribution in [2.24, 2.45) is 9.98 Å². The molecule has 22 heteroatoms. The van der Waals surface area contributed by atoms with E-state index in [0.29, 0.717) is 0 Å². The van der Waals surface area contributed by atoms with E-state index in [0.717, 1.165) is 91.2 Å². The molecule has 0 atom stereocenters. The molecule has 0 aliphatic carbocycles. The molecule has 0 amide bonds. The zero-order valence-electron chi connectivity index (χ0n) is 83.0. The van der Waals surface area contributed by atoms with Gasteiger partial charge in [0.15, 0.2) is 0 Å². The van der Waals surface area contributed by atoms with Crippen LogP contribution in [0.3, 0.4) is 0 Å². The number of aliphatic imine (C=N–C) groups is 2. The molecule has 0 unspecified atom stereocenters. The first kappa shape index (κ1) is 107. The number of aryl methyl sites for hydroxylation is 8. The van der Waals surface area contributed by atoms with E-state index >= 15 is 0 Å². The van der Waals surface area contributed by atoms with Gasteiger partial charge < -0.3 is 62.3 Å². The Balaban J connectivity index is 0.000000126. The largest absolute Gasteiger partial charge is 0.494 e. The first-order valence-electron chi connectivity index (χ1n) is 48.5. The number of pyridine rings is 6. The molecule has 14 nitrogen and oxygen atoms in total. The van der Waals surface area contributed by atoms with Crippen molar-refractivity contribution in [1.29, 1.82) is 0 Å². The Morgan fingerprint density at radius 3 is 0.804 bits per heavy atom. The van der Waals surface area contributed by atoms with Crippen molar-refractivity contribution >= 4 is 149 Å². The molecular formula is C126H102B4Ir4N14-8. The standard InChI is InChI=1S/4C17H16BN2.2C15H9N2.2C14H10N.4Ir/c4*1-14-6-5-7-15(2)17(14)20-12-9-18(10-13-20)16-8-3-4-11-19-16;2*1-2-7-13-11(5-1)12-6-3-4-8-14(12)17-10-9-16-15(13)17;2*1-2-6-11(7-3-1)14-10-12-8-4-5-9-13(12)15-14;;;;/h4*3-9,11-13H,1-2H3;2*1-6,8-10H;2*1-6,8-9H,10H2;;;;/q8*-1;;;;. The van der Waals surface area contributed by atoms with Crippen LogP contribution in [0.4, 0.5) is 34.1 Å². The van der Waals surface area contributed by atoms with Gasteiger partial charge in [0.1, 0.15) is 0 Å². The summed E-state index contributed by atoms with van der Waals surface area (Å²) < 4.78 is 4.24. The van der Waals surface area contributed by atoms with Crippen molar-refractivity contribution in [3.8, 4) is 0 Å². The Hall–Kier alpha value is -15.0. The van der Waals surface area contributed by atoms with Crippen molar-refractivity contribution in [2.45, 2.75) is 68.2 Å². The van der Waals surface area contributed by atoms with E-state index in [-0.39, 0.29) is 107 Å². The van der Waals surface area contributed by atoms with Gasteiger partial charge in [-0.15, -0.1) is 155 Å². The third-order valence-electron chi connectivity index (χ3n) is 25.7. The van der Waals surface area contributed by atoms with Crippen molar-refractivity contribution in [1.82, 2.24) is 38.7 Å². The smallest absolute Gasteiger partial charge is 0.0608 e. The molecule has 12 aromatic carbocycles. The molecule has 0 saturated heterocycles. The predicted molar refractivity (Wildman–Crippen MR) is 601 cm³/mol. The molecule has 8 aromatic heterocycles. The monoisotopic (exact) mass is 2630 g/mol. The number of fused-ring (bicyclic) bond motifs is 14. The summed E-state index contributed by atoms with van der Waals surface area (Å²) in [6, 6.07) is 124. The number of aromatic nitrogens is 8. The number of para-hydroxylation sites is 8. The molecule has 148 heavy (non-hydrogen) atoms. The minimum Gasteiger partial charge on any atom is -0.494 e. The molecule has 6 aliphatic rings. The maximum absolute atomic E-state index is 4.61. The second-order valence-electron chi connectivity index (χ2n) is 35.5. The Morgan fingerprint density at radius 2 is 0.527 bits per heavy atom. The second-order valence-corrected chi connectivity index (χ2v) is 35.5. The van der Waals surface area contributed by atoms with Crippen LogP contribution in [0.5, 0.6) is 0 Å². The number of nitrogens with zero attached hydrogens (tertiary/aromatic N) is 14. The van der Waals surface area contributed by atoms with Gasteiger partial charge in [0.25, 0.3) is 0 Å². The zero-order valence-corrected chi connectivity index (χ0v) is 92.6. The molecule has 0 bridgehead atoms. The third kappa shape index (κ3) is 25.4. The van der Waals surface area contributed by atoms with Crippen LogP contribution in [-0.2, 0) is 93.3 Å². The summed E-state index contributed by atoms with van der Waals surface area (Å²) in [6.45, 7) is 17.6. The quantitative estimate of drug-likeness (QED) is 0.0743. The molecule has 0 spiro atoms. The average Bonchev–Trinajstić information content (AvgIpc) is 1.53. The molecule has 732 valence electrons. The Labute approximate surface area is 923 Å². The van der Waals surface area contributed by atoms with E-state index in [9.17, 15) is 0 Å². The van der Waals surface area contributed by atoms with E-state index in [4.69, 9.17) is 0 Å². The van der Waals surface area contributed by atoms with Gasteiger partial charge in [0.2, 0.25) is 0 Å². The molecule has 6 aliphatic heterocycles. The van der Waals surface area contributed by atoms with Gasteiger partial charge in [-0.05, 0) is 242 Å². The first-order chi connectivity index (χ1) is 70.8. The Morgan fingerprint density at radius 1 is 0.250 bits per heavy atom. The van der Waals surface area contributed by atoms with E-state index in [1.807, 2.05) is 220 Å². The second kappa shape index (κ2) is 51.8. The molecule has 0 N–H and O–H groups in total. The van der Waals surface area contributed by atoms with Gasteiger partial charge in [-0.25, -0.2) is 0 Å². The number of benzene rings is 12. The maximum atomic E-state index is 4.61. The minimum absolute atomic E-state index is 0. The van der Waals surface area contributed by atoms with Crippen LogP contribution >= 0.6 is 0 Å². The summed E-state index contributed by atoms with van der Waals surface area (Å²) in [5.74, 6) is 22.1. The molecule has 26 rings (SSSR count). The topological polar surface area (TPSA) is 124 Å². The van der Waals surface area contributed by atoms with Crippen molar-refractivity contribution < 1.29 is 80.4 Å².